The molecule has 0 unspecified atom stereocenters. The summed E-state index contributed by atoms with van der Waals surface area (Å²) in [5, 5.41) is 2.89. The van der Waals surface area contributed by atoms with Gasteiger partial charge in [0, 0.05) is 18.8 Å². The van der Waals surface area contributed by atoms with E-state index in [0.29, 0.717) is 13.2 Å². The number of amides is 1. The highest BCUT2D eigenvalue weighted by Gasteiger charge is 2.02. The third-order valence-electron chi connectivity index (χ3n) is 4.83. The zero-order chi connectivity index (χ0) is 22.2. The van der Waals surface area contributed by atoms with Crippen LogP contribution in [0.15, 0.2) is 67.0 Å². The second-order valence-electron chi connectivity index (χ2n) is 7.27. The van der Waals surface area contributed by atoms with Crippen LogP contribution in [0.3, 0.4) is 0 Å². The van der Waals surface area contributed by atoms with Crippen LogP contribution in [0.5, 0.6) is 11.5 Å². The van der Waals surface area contributed by atoms with E-state index >= 15 is 0 Å². The van der Waals surface area contributed by atoms with Crippen molar-refractivity contribution in [2.75, 3.05) is 20.3 Å². The van der Waals surface area contributed by atoms with Crippen molar-refractivity contribution < 1.29 is 14.3 Å². The number of aromatic nitrogens is 1. The Morgan fingerprint density at radius 2 is 1.90 bits per heavy atom. The zero-order valence-corrected chi connectivity index (χ0v) is 18.7. The van der Waals surface area contributed by atoms with E-state index in [2.05, 4.69) is 29.4 Å². The summed E-state index contributed by atoms with van der Waals surface area (Å²) in [6, 6.07) is 11.8. The van der Waals surface area contributed by atoms with E-state index in [1.807, 2.05) is 36.4 Å². The number of hydrogen-bond donors (Lipinski definition) is 1. The van der Waals surface area contributed by atoms with Crippen molar-refractivity contribution in [1.29, 1.82) is 0 Å². The Bertz CT molecular complexity index is 814. The first-order valence-electron chi connectivity index (χ1n) is 11.0. The predicted molar refractivity (Wildman–Crippen MR) is 126 cm³/mol. The monoisotopic (exact) mass is 422 g/mol. The summed E-state index contributed by atoms with van der Waals surface area (Å²) in [5.41, 5.74) is 2.39. The fraction of sp³-hybridized carbons (Fsp3) is 0.385. The lowest BCUT2D eigenvalue weighted by atomic mass is 9.98. The topological polar surface area (TPSA) is 60.5 Å². The van der Waals surface area contributed by atoms with E-state index in [9.17, 15) is 4.79 Å². The van der Waals surface area contributed by atoms with Gasteiger partial charge < -0.3 is 14.8 Å². The minimum absolute atomic E-state index is 0.0994. The van der Waals surface area contributed by atoms with Crippen molar-refractivity contribution in [1.82, 2.24) is 10.3 Å². The van der Waals surface area contributed by atoms with Crippen LogP contribution in [0.2, 0.25) is 0 Å². The number of rotatable bonds is 14. The SMILES string of the molecule is CCCCCC/C(=C\C=C\C(=O)NCCCOc1cccnc1)c1ccc(OC)cc1. The van der Waals surface area contributed by atoms with E-state index in [0.717, 1.165) is 36.3 Å². The number of pyridine rings is 1. The van der Waals surface area contributed by atoms with Gasteiger partial charge in [-0.15, -0.1) is 0 Å². The summed E-state index contributed by atoms with van der Waals surface area (Å²) >= 11 is 0. The lowest BCUT2D eigenvalue weighted by molar-refractivity contribution is -0.116. The third kappa shape index (κ3) is 9.98. The van der Waals surface area contributed by atoms with Gasteiger partial charge in [-0.25, -0.2) is 0 Å². The molecule has 166 valence electrons. The Morgan fingerprint density at radius 3 is 2.61 bits per heavy atom. The molecule has 1 heterocycles. The number of nitrogens with zero attached hydrogens (tertiary/aromatic N) is 1. The second kappa shape index (κ2) is 14.8. The summed E-state index contributed by atoms with van der Waals surface area (Å²) in [4.78, 5) is 16.1. The molecule has 0 radical (unpaired) electrons. The molecule has 0 atom stereocenters. The molecule has 2 aromatic rings. The summed E-state index contributed by atoms with van der Waals surface area (Å²) in [5.74, 6) is 1.48. The van der Waals surface area contributed by atoms with Crippen LogP contribution in [0.1, 0.15) is 51.0 Å². The lowest BCUT2D eigenvalue weighted by Crippen LogP contribution is -2.23. The standard InChI is InChI=1S/C26H34N2O3/c1-3-4-5-6-10-22(23-14-16-24(30-2)17-15-23)11-7-13-26(29)28-19-9-20-31-25-12-8-18-27-21-25/h7-8,11-18,21H,3-6,9-10,19-20H2,1-2H3,(H,28,29)/b13-7+,22-11+. The van der Waals surface area contributed by atoms with Gasteiger partial charge in [-0.1, -0.05) is 50.5 Å². The van der Waals surface area contributed by atoms with Crippen LogP contribution in [0.4, 0.5) is 0 Å². The van der Waals surface area contributed by atoms with E-state index in [1.165, 1.54) is 24.8 Å². The molecule has 1 aromatic carbocycles. The van der Waals surface area contributed by atoms with Crippen molar-refractivity contribution in [2.24, 2.45) is 0 Å². The van der Waals surface area contributed by atoms with Gasteiger partial charge in [0.15, 0.2) is 0 Å². The fourth-order valence-electron chi connectivity index (χ4n) is 3.09. The van der Waals surface area contributed by atoms with Crippen LogP contribution in [-0.4, -0.2) is 31.2 Å². The molecule has 0 spiro atoms. The first kappa shape index (κ1) is 24.2. The van der Waals surface area contributed by atoms with E-state index in [4.69, 9.17) is 9.47 Å². The number of carbonyl (C=O) groups excluding carboxylic acids is 1. The van der Waals surface area contributed by atoms with Gasteiger partial charge in [0.1, 0.15) is 11.5 Å². The molecule has 0 aliphatic heterocycles. The Kier molecular flexibility index (Phi) is 11.6. The maximum absolute atomic E-state index is 12.1. The van der Waals surface area contributed by atoms with Crippen LogP contribution < -0.4 is 14.8 Å². The van der Waals surface area contributed by atoms with Crippen molar-refractivity contribution in [2.45, 2.75) is 45.4 Å². The van der Waals surface area contributed by atoms with Crippen molar-refractivity contribution in [3.63, 3.8) is 0 Å². The Hall–Kier alpha value is -3.08. The Morgan fingerprint density at radius 1 is 1.06 bits per heavy atom. The average Bonchev–Trinajstić information content (AvgIpc) is 2.81. The molecule has 1 amide bonds. The molecule has 0 fully saturated rings. The molecule has 0 bridgehead atoms. The maximum atomic E-state index is 12.1. The molecule has 1 aromatic heterocycles. The van der Waals surface area contributed by atoms with Gasteiger partial charge >= 0.3 is 0 Å². The first-order chi connectivity index (χ1) is 15.2. The third-order valence-corrected chi connectivity index (χ3v) is 4.83. The number of unbranched alkanes of at least 4 members (excludes halogenated alkanes) is 3. The number of hydrogen-bond acceptors (Lipinski definition) is 4. The van der Waals surface area contributed by atoms with Gasteiger partial charge in [-0.05, 0) is 54.7 Å². The lowest BCUT2D eigenvalue weighted by Gasteiger charge is -2.08. The van der Waals surface area contributed by atoms with Gasteiger partial charge in [-0.2, -0.15) is 0 Å². The number of ether oxygens (including phenoxy) is 2. The van der Waals surface area contributed by atoms with Gasteiger partial charge in [-0.3, -0.25) is 9.78 Å². The van der Waals surface area contributed by atoms with Crippen LogP contribution in [0, 0.1) is 0 Å². The number of nitrogens with one attached hydrogen (secondary N) is 1. The second-order valence-corrected chi connectivity index (χ2v) is 7.27. The van der Waals surface area contributed by atoms with Crippen LogP contribution in [-0.2, 0) is 4.79 Å². The largest absolute Gasteiger partial charge is 0.497 e. The molecule has 31 heavy (non-hydrogen) atoms. The molecule has 5 heteroatoms. The molecule has 0 saturated heterocycles. The molecule has 2 rings (SSSR count). The van der Waals surface area contributed by atoms with Gasteiger partial charge in [0.05, 0.1) is 19.9 Å². The molecule has 0 saturated carbocycles. The first-order valence-corrected chi connectivity index (χ1v) is 11.0. The minimum Gasteiger partial charge on any atom is -0.497 e. The van der Waals surface area contributed by atoms with Crippen molar-refractivity contribution >= 4 is 11.5 Å². The zero-order valence-electron chi connectivity index (χ0n) is 18.7. The van der Waals surface area contributed by atoms with E-state index in [-0.39, 0.29) is 5.91 Å². The Labute approximate surface area is 186 Å². The van der Waals surface area contributed by atoms with Crippen LogP contribution >= 0.6 is 0 Å². The van der Waals surface area contributed by atoms with E-state index in [1.54, 1.807) is 25.6 Å². The quantitative estimate of drug-likeness (QED) is 0.245. The minimum atomic E-state index is -0.0994. The summed E-state index contributed by atoms with van der Waals surface area (Å²) in [7, 11) is 1.67. The number of carbonyl (C=O) groups is 1. The summed E-state index contributed by atoms with van der Waals surface area (Å²) in [6.07, 6.45) is 15.4. The van der Waals surface area contributed by atoms with Crippen LogP contribution in [0.25, 0.3) is 5.57 Å². The Balaban J connectivity index is 1.81. The highest BCUT2D eigenvalue weighted by Crippen LogP contribution is 2.24. The molecule has 0 aliphatic carbocycles. The van der Waals surface area contributed by atoms with Gasteiger partial charge in [0.25, 0.3) is 0 Å². The molecule has 5 nitrogen and oxygen atoms in total. The van der Waals surface area contributed by atoms with Crippen molar-refractivity contribution in [3.8, 4) is 11.5 Å². The smallest absolute Gasteiger partial charge is 0.243 e. The maximum Gasteiger partial charge on any atom is 0.243 e. The van der Waals surface area contributed by atoms with Gasteiger partial charge in [0.2, 0.25) is 5.91 Å². The molecule has 0 aliphatic rings. The molecular formula is C26H34N2O3. The predicted octanol–water partition coefficient (Wildman–Crippen LogP) is 5.59. The average molecular weight is 423 g/mol. The highest BCUT2D eigenvalue weighted by atomic mass is 16.5. The highest BCUT2D eigenvalue weighted by molar-refractivity contribution is 5.88. The summed E-state index contributed by atoms with van der Waals surface area (Å²) < 4.78 is 10.8. The number of benzene rings is 1. The fourth-order valence-corrected chi connectivity index (χ4v) is 3.09. The summed E-state index contributed by atoms with van der Waals surface area (Å²) in [6.45, 7) is 3.32. The molecule has 1 N–H and O–H groups in total. The van der Waals surface area contributed by atoms with Crippen molar-refractivity contribution in [3.05, 3.63) is 72.6 Å². The number of allylic oxidation sites excluding steroid dienone is 3. The number of methoxy groups -OCH3 is 1. The normalized spacial score (nSPS) is 11.5. The van der Waals surface area contributed by atoms with E-state index < -0.39 is 0 Å². The molecular weight excluding hydrogens is 388 g/mol.